The number of fused-ring (bicyclic) bond motifs is 1. The van der Waals surface area contributed by atoms with Gasteiger partial charge in [-0.1, -0.05) is 12.2 Å². The van der Waals surface area contributed by atoms with Crippen molar-refractivity contribution in [3.8, 4) is 11.5 Å². The van der Waals surface area contributed by atoms with E-state index in [2.05, 4.69) is 9.72 Å². The van der Waals surface area contributed by atoms with E-state index < -0.39 is 18.4 Å². The highest BCUT2D eigenvalue weighted by atomic mass is 32.1. The Bertz CT molecular complexity index is 1030. The molecule has 7 nitrogen and oxygen atoms in total. The summed E-state index contributed by atoms with van der Waals surface area (Å²) in [5.74, 6) is -0.696. The van der Waals surface area contributed by atoms with Crippen molar-refractivity contribution >= 4 is 17.3 Å². The first-order valence-electron chi connectivity index (χ1n) is 11.4. The average molecular weight is 514 g/mol. The first kappa shape index (κ1) is 25.5. The summed E-state index contributed by atoms with van der Waals surface area (Å²) in [7, 11) is 0. The van der Waals surface area contributed by atoms with Gasteiger partial charge in [0.1, 0.15) is 22.6 Å². The molecule has 0 unspecified atom stereocenters. The maximum Gasteiger partial charge on any atom is 0.573 e. The van der Waals surface area contributed by atoms with E-state index in [9.17, 15) is 23.1 Å². The molecule has 1 saturated carbocycles. The van der Waals surface area contributed by atoms with Gasteiger partial charge in [-0.25, -0.2) is 9.78 Å². The minimum atomic E-state index is -4.72. The van der Waals surface area contributed by atoms with Crippen LogP contribution in [0.2, 0.25) is 0 Å². The number of aliphatic hydroxyl groups excluding tert-OH is 1. The number of hydrogen-bond acceptors (Lipinski definition) is 7. The van der Waals surface area contributed by atoms with E-state index in [0.717, 1.165) is 19.3 Å². The van der Waals surface area contributed by atoms with Crippen molar-refractivity contribution in [2.75, 3.05) is 6.61 Å². The molecule has 0 radical (unpaired) electrons. The minimum Gasteiger partial charge on any atom is -0.494 e. The molecule has 2 aliphatic rings. The van der Waals surface area contributed by atoms with Crippen molar-refractivity contribution in [2.24, 2.45) is 11.8 Å². The molecular formula is C24H26F3NO6S. The number of aliphatic hydroxyl groups is 1. The molecule has 35 heavy (non-hydrogen) atoms. The number of ether oxygens (including phenoxy) is 3. The number of alkyl halides is 3. The smallest absolute Gasteiger partial charge is 0.494 e. The Hall–Kier alpha value is -2.63. The SMILES string of the molecule is O=C(O)c1csc([C@H]2CC[C@@H]3[C@@H](/C=C/CCCOc4ccc(OC(F)(F)F)cc4)[C@H](O)C[C@@H]3O2)n1. The zero-order valence-corrected chi connectivity index (χ0v) is 19.5. The van der Waals surface area contributed by atoms with Gasteiger partial charge in [-0.3, -0.25) is 0 Å². The second-order valence-electron chi connectivity index (χ2n) is 8.60. The number of carbonyl (C=O) groups is 1. The van der Waals surface area contributed by atoms with Gasteiger partial charge in [-0.2, -0.15) is 0 Å². The lowest BCUT2D eigenvalue weighted by Crippen LogP contribution is -2.29. The standard InChI is InChI=1S/C24H26F3NO6S/c25-24(26,27)34-15-7-5-14(6-8-15)32-11-3-1-2-4-16-17-9-10-20(33-21(17)12-19(16)29)22-28-18(13-35-22)23(30)31/h2,4-8,13,16-17,19-21,29H,1,3,9-12H2,(H,30,31)/b4-2+/t16-,17-,19-,20-,21+/m1/s1. The number of carboxylic acids is 1. The highest BCUT2D eigenvalue weighted by molar-refractivity contribution is 7.09. The zero-order chi connectivity index (χ0) is 25.0. The summed E-state index contributed by atoms with van der Waals surface area (Å²) in [6.45, 7) is 0.403. The van der Waals surface area contributed by atoms with E-state index >= 15 is 0 Å². The number of thiazole rings is 1. The topological polar surface area (TPSA) is 98.1 Å². The zero-order valence-electron chi connectivity index (χ0n) is 18.7. The fraction of sp³-hybridized carbons (Fsp3) is 0.500. The van der Waals surface area contributed by atoms with Crippen molar-refractivity contribution in [1.82, 2.24) is 4.98 Å². The molecule has 2 aromatic rings. The second kappa shape index (κ2) is 11.0. The van der Waals surface area contributed by atoms with Crippen LogP contribution in [-0.2, 0) is 4.74 Å². The molecule has 1 aromatic heterocycles. The van der Waals surface area contributed by atoms with E-state index in [1.807, 2.05) is 12.2 Å². The summed E-state index contributed by atoms with van der Waals surface area (Å²) in [4.78, 5) is 15.2. The summed E-state index contributed by atoms with van der Waals surface area (Å²) < 4.78 is 52.2. The number of unbranched alkanes of at least 4 members (excludes halogenated alkanes) is 1. The first-order chi connectivity index (χ1) is 16.7. The van der Waals surface area contributed by atoms with Gasteiger partial charge in [-0.05, 0) is 55.9 Å². The molecule has 1 aliphatic heterocycles. The van der Waals surface area contributed by atoms with Crippen LogP contribution in [0, 0.1) is 11.8 Å². The van der Waals surface area contributed by atoms with E-state index in [0.29, 0.717) is 30.2 Å². The molecule has 2 heterocycles. The van der Waals surface area contributed by atoms with Gasteiger partial charge in [0.15, 0.2) is 5.69 Å². The van der Waals surface area contributed by atoms with Gasteiger partial charge >= 0.3 is 12.3 Å². The van der Waals surface area contributed by atoms with Gasteiger partial charge in [-0.15, -0.1) is 24.5 Å². The summed E-state index contributed by atoms with van der Waals surface area (Å²) in [6, 6.07) is 5.26. The molecule has 0 spiro atoms. The summed E-state index contributed by atoms with van der Waals surface area (Å²) in [5, 5.41) is 21.8. The van der Waals surface area contributed by atoms with E-state index in [1.54, 1.807) is 0 Å². The molecule has 4 rings (SSSR count). The maximum atomic E-state index is 12.2. The van der Waals surface area contributed by atoms with Crippen LogP contribution in [0.4, 0.5) is 13.2 Å². The third-order valence-electron chi connectivity index (χ3n) is 6.21. The van der Waals surface area contributed by atoms with Crippen molar-refractivity contribution < 1.29 is 42.4 Å². The Balaban J connectivity index is 1.20. The van der Waals surface area contributed by atoms with Crippen LogP contribution in [0.3, 0.4) is 0 Å². The van der Waals surface area contributed by atoms with Crippen molar-refractivity contribution in [3.63, 3.8) is 0 Å². The van der Waals surface area contributed by atoms with Crippen LogP contribution in [0.1, 0.15) is 53.7 Å². The van der Waals surface area contributed by atoms with Gasteiger partial charge in [0.2, 0.25) is 0 Å². The molecule has 1 aromatic carbocycles. The molecule has 1 saturated heterocycles. The van der Waals surface area contributed by atoms with Gasteiger partial charge in [0, 0.05) is 17.7 Å². The lowest BCUT2D eigenvalue weighted by molar-refractivity contribution is -0.274. The average Bonchev–Trinajstić information content (AvgIpc) is 3.41. The van der Waals surface area contributed by atoms with Crippen LogP contribution in [0.15, 0.2) is 41.8 Å². The molecule has 1 aliphatic carbocycles. The second-order valence-corrected chi connectivity index (χ2v) is 9.49. The van der Waals surface area contributed by atoms with Crippen molar-refractivity contribution in [3.05, 3.63) is 52.5 Å². The fourth-order valence-electron chi connectivity index (χ4n) is 4.63. The number of halogens is 3. The van der Waals surface area contributed by atoms with Crippen LogP contribution >= 0.6 is 11.3 Å². The Kier molecular flexibility index (Phi) is 7.98. The molecule has 2 N–H and O–H groups in total. The molecule has 5 atom stereocenters. The first-order valence-corrected chi connectivity index (χ1v) is 12.2. The highest BCUT2D eigenvalue weighted by Crippen LogP contribution is 2.46. The molecule has 2 fully saturated rings. The normalized spacial score (nSPS) is 26.6. The maximum absolute atomic E-state index is 12.2. The number of aromatic carboxylic acids is 1. The molecular weight excluding hydrogens is 487 g/mol. The number of aromatic nitrogens is 1. The predicted molar refractivity (Wildman–Crippen MR) is 121 cm³/mol. The van der Waals surface area contributed by atoms with Gasteiger partial charge in [0.05, 0.1) is 18.8 Å². The minimum absolute atomic E-state index is 0.00563. The third-order valence-corrected chi connectivity index (χ3v) is 7.14. The largest absolute Gasteiger partial charge is 0.573 e. The predicted octanol–water partition coefficient (Wildman–Crippen LogP) is 5.37. The number of rotatable bonds is 9. The van der Waals surface area contributed by atoms with Gasteiger partial charge in [0.25, 0.3) is 0 Å². The van der Waals surface area contributed by atoms with Crippen molar-refractivity contribution in [2.45, 2.75) is 56.8 Å². The van der Waals surface area contributed by atoms with Crippen molar-refractivity contribution in [1.29, 1.82) is 0 Å². The third kappa shape index (κ3) is 6.74. The molecule has 0 amide bonds. The van der Waals surface area contributed by atoms with Crippen LogP contribution < -0.4 is 9.47 Å². The monoisotopic (exact) mass is 513 g/mol. The quantitative estimate of drug-likeness (QED) is 0.344. The molecule has 190 valence electrons. The van der Waals surface area contributed by atoms with E-state index in [1.165, 1.54) is 41.0 Å². The number of hydrogen-bond donors (Lipinski definition) is 2. The Labute approximate surface area is 204 Å². The number of carboxylic acid groups (broad SMARTS) is 1. The number of nitrogens with zero attached hydrogens (tertiary/aromatic N) is 1. The Morgan fingerprint density at radius 2 is 1.97 bits per heavy atom. The number of allylic oxidation sites excluding steroid dienone is 1. The number of benzene rings is 1. The lowest BCUT2D eigenvalue weighted by Gasteiger charge is -2.33. The van der Waals surface area contributed by atoms with E-state index in [-0.39, 0.29) is 35.5 Å². The summed E-state index contributed by atoms with van der Waals surface area (Å²) in [6.07, 6.45) is 2.06. The summed E-state index contributed by atoms with van der Waals surface area (Å²) >= 11 is 1.29. The molecule has 11 heteroatoms. The van der Waals surface area contributed by atoms with Crippen LogP contribution in [0.25, 0.3) is 0 Å². The highest BCUT2D eigenvalue weighted by Gasteiger charge is 2.45. The lowest BCUT2D eigenvalue weighted by atomic mass is 9.86. The molecule has 0 bridgehead atoms. The van der Waals surface area contributed by atoms with Gasteiger partial charge < -0.3 is 24.4 Å². The Morgan fingerprint density at radius 1 is 1.23 bits per heavy atom. The fourth-order valence-corrected chi connectivity index (χ4v) is 5.49. The Morgan fingerprint density at radius 3 is 2.66 bits per heavy atom. The van der Waals surface area contributed by atoms with Crippen LogP contribution in [0.5, 0.6) is 11.5 Å². The van der Waals surface area contributed by atoms with Crippen LogP contribution in [-0.4, -0.2) is 46.3 Å². The summed E-state index contributed by atoms with van der Waals surface area (Å²) in [5.41, 5.74) is 0.0273. The van der Waals surface area contributed by atoms with E-state index in [4.69, 9.17) is 14.6 Å².